The first-order chi connectivity index (χ1) is 9.81. The van der Waals surface area contributed by atoms with E-state index in [0.29, 0.717) is 5.02 Å². The summed E-state index contributed by atoms with van der Waals surface area (Å²) in [7, 11) is -4.25. The van der Waals surface area contributed by atoms with Gasteiger partial charge in [0.2, 0.25) is 0 Å². The molecule has 21 heavy (non-hydrogen) atoms. The van der Waals surface area contributed by atoms with Crippen LogP contribution in [0.15, 0.2) is 47.4 Å². The molecule has 8 heteroatoms. The molecule has 0 saturated carbocycles. The van der Waals surface area contributed by atoms with E-state index in [4.69, 9.17) is 11.6 Å². The SMILES string of the molecule is O=C(NS(=O)(=O)c1ccc(Cl)cc1)c1c(F)cccc1F. The van der Waals surface area contributed by atoms with Crippen molar-refractivity contribution in [1.29, 1.82) is 0 Å². The Hall–Kier alpha value is -1.99. The highest BCUT2D eigenvalue weighted by atomic mass is 35.5. The minimum atomic E-state index is -4.25. The van der Waals surface area contributed by atoms with Crippen molar-refractivity contribution in [2.24, 2.45) is 0 Å². The second-order valence-corrected chi connectivity index (χ2v) is 6.10. The van der Waals surface area contributed by atoms with Gasteiger partial charge in [-0.2, -0.15) is 0 Å². The molecule has 0 heterocycles. The number of halogens is 3. The van der Waals surface area contributed by atoms with E-state index in [1.54, 1.807) is 4.72 Å². The molecule has 0 fully saturated rings. The molecule has 0 atom stereocenters. The highest BCUT2D eigenvalue weighted by Gasteiger charge is 2.23. The van der Waals surface area contributed by atoms with Crippen molar-refractivity contribution in [2.75, 3.05) is 0 Å². The summed E-state index contributed by atoms with van der Waals surface area (Å²) < 4.78 is 52.3. The zero-order valence-electron chi connectivity index (χ0n) is 10.3. The second kappa shape index (κ2) is 5.79. The van der Waals surface area contributed by atoms with Crippen LogP contribution >= 0.6 is 11.6 Å². The summed E-state index contributed by atoms with van der Waals surface area (Å²) in [5.41, 5.74) is -0.963. The largest absolute Gasteiger partial charge is 0.270 e. The number of benzene rings is 2. The molecule has 0 unspecified atom stereocenters. The van der Waals surface area contributed by atoms with Gasteiger partial charge in [0.15, 0.2) is 0 Å². The molecule has 0 spiro atoms. The van der Waals surface area contributed by atoms with Crippen LogP contribution in [0.3, 0.4) is 0 Å². The number of amides is 1. The maximum Gasteiger partial charge on any atom is 0.270 e. The van der Waals surface area contributed by atoms with Crippen molar-refractivity contribution in [3.63, 3.8) is 0 Å². The van der Waals surface area contributed by atoms with Gasteiger partial charge in [-0.25, -0.2) is 21.9 Å². The normalized spacial score (nSPS) is 11.2. The lowest BCUT2D eigenvalue weighted by Gasteiger charge is -2.08. The minimum absolute atomic E-state index is 0.253. The molecule has 0 aliphatic rings. The van der Waals surface area contributed by atoms with E-state index >= 15 is 0 Å². The van der Waals surface area contributed by atoms with Crippen LogP contribution in [-0.2, 0) is 10.0 Å². The zero-order chi connectivity index (χ0) is 15.6. The fourth-order valence-corrected chi connectivity index (χ4v) is 2.64. The highest BCUT2D eigenvalue weighted by molar-refractivity contribution is 7.90. The van der Waals surface area contributed by atoms with Crippen LogP contribution in [0.5, 0.6) is 0 Å². The Balaban J connectivity index is 2.33. The van der Waals surface area contributed by atoms with E-state index in [-0.39, 0.29) is 4.90 Å². The van der Waals surface area contributed by atoms with Crippen molar-refractivity contribution >= 4 is 27.5 Å². The predicted molar refractivity (Wildman–Crippen MR) is 72.5 cm³/mol. The first-order valence-corrected chi connectivity index (χ1v) is 7.44. The van der Waals surface area contributed by atoms with Gasteiger partial charge in [-0.05, 0) is 36.4 Å². The van der Waals surface area contributed by atoms with E-state index in [1.165, 1.54) is 12.1 Å². The number of rotatable bonds is 3. The fraction of sp³-hybridized carbons (Fsp3) is 0. The average Bonchev–Trinajstić information content (AvgIpc) is 2.38. The molecule has 1 amide bonds. The molecule has 0 aliphatic carbocycles. The lowest BCUT2D eigenvalue weighted by Crippen LogP contribution is -2.31. The molecular formula is C13H8ClF2NO3S. The molecule has 110 valence electrons. The third-order valence-electron chi connectivity index (χ3n) is 2.54. The van der Waals surface area contributed by atoms with Crippen LogP contribution in [0.25, 0.3) is 0 Å². The predicted octanol–water partition coefficient (Wildman–Crippen LogP) is 2.74. The van der Waals surface area contributed by atoms with Gasteiger partial charge in [0.25, 0.3) is 15.9 Å². The highest BCUT2D eigenvalue weighted by Crippen LogP contribution is 2.16. The van der Waals surface area contributed by atoms with Crippen LogP contribution in [0.1, 0.15) is 10.4 Å². The standard InChI is InChI=1S/C13H8ClF2NO3S/c14-8-4-6-9(7-5-8)21(19,20)17-13(18)12-10(15)2-1-3-11(12)16/h1-7H,(H,17,18). The number of hydrogen-bond acceptors (Lipinski definition) is 3. The molecule has 0 bridgehead atoms. The Labute approximate surface area is 124 Å². The monoisotopic (exact) mass is 331 g/mol. The van der Waals surface area contributed by atoms with Crippen molar-refractivity contribution in [2.45, 2.75) is 4.90 Å². The molecule has 0 saturated heterocycles. The van der Waals surface area contributed by atoms with Crippen molar-refractivity contribution in [3.8, 4) is 0 Å². The van der Waals surface area contributed by atoms with Crippen LogP contribution in [0.4, 0.5) is 8.78 Å². The molecule has 1 N–H and O–H groups in total. The molecule has 0 aromatic heterocycles. The van der Waals surface area contributed by atoms with Crippen LogP contribution in [0, 0.1) is 11.6 Å². The molecule has 0 aliphatic heterocycles. The van der Waals surface area contributed by atoms with Crippen LogP contribution in [-0.4, -0.2) is 14.3 Å². The summed E-state index contributed by atoms with van der Waals surface area (Å²) in [4.78, 5) is 11.5. The number of nitrogens with one attached hydrogen (secondary N) is 1. The number of hydrogen-bond donors (Lipinski definition) is 1. The summed E-state index contributed by atoms with van der Waals surface area (Å²) in [5, 5.41) is 0.306. The summed E-state index contributed by atoms with van der Waals surface area (Å²) in [6.45, 7) is 0. The number of carbonyl (C=O) groups is 1. The maximum absolute atomic E-state index is 13.4. The summed E-state index contributed by atoms with van der Waals surface area (Å²) in [6.07, 6.45) is 0. The molecule has 0 radical (unpaired) electrons. The quantitative estimate of drug-likeness (QED) is 0.940. The molecule has 2 rings (SSSR count). The Kier molecular flexibility index (Phi) is 4.24. The number of carbonyl (C=O) groups excluding carboxylic acids is 1. The van der Waals surface area contributed by atoms with Crippen molar-refractivity contribution in [3.05, 3.63) is 64.7 Å². The van der Waals surface area contributed by atoms with E-state index in [0.717, 1.165) is 30.3 Å². The second-order valence-electron chi connectivity index (χ2n) is 3.99. The Morgan fingerprint density at radius 2 is 1.52 bits per heavy atom. The van der Waals surface area contributed by atoms with Crippen molar-refractivity contribution < 1.29 is 22.0 Å². The van der Waals surface area contributed by atoms with E-state index in [1.807, 2.05) is 0 Å². The topological polar surface area (TPSA) is 63.2 Å². The van der Waals surface area contributed by atoms with Gasteiger partial charge in [0.1, 0.15) is 17.2 Å². The van der Waals surface area contributed by atoms with Gasteiger partial charge < -0.3 is 0 Å². The Bertz CT molecular complexity index is 771. The van der Waals surface area contributed by atoms with E-state index < -0.39 is 33.1 Å². The van der Waals surface area contributed by atoms with Gasteiger partial charge in [-0.1, -0.05) is 17.7 Å². The lowest BCUT2D eigenvalue weighted by atomic mass is 10.2. The van der Waals surface area contributed by atoms with Gasteiger partial charge >= 0.3 is 0 Å². The molecular weight excluding hydrogens is 324 g/mol. The van der Waals surface area contributed by atoms with Crippen molar-refractivity contribution in [1.82, 2.24) is 4.72 Å². The number of sulfonamides is 1. The molecule has 2 aromatic carbocycles. The lowest BCUT2D eigenvalue weighted by molar-refractivity contribution is 0.0973. The molecule has 4 nitrogen and oxygen atoms in total. The average molecular weight is 332 g/mol. The van der Waals surface area contributed by atoms with Gasteiger partial charge in [-0.3, -0.25) is 4.79 Å². The third kappa shape index (κ3) is 3.37. The molecule has 2 aromatic rings. The fourth-order valence-electron chi connectivity index (χ4n) is 1.56. The summed E-state index contributed by atoms with van der Waals surface area (Å²) in [5.74, 6) is -3.70. The Morgan fingerprint density at radius 3 is 2.05 bits per heavy atom. The zero-order valence-corrected chi connectivity index (χ0v) is 11.9. The van der Waals surface area contributed by atoms with Gasteiger partial charge in [0.05, 0.1) is 4.90 Å². The smallest absolute Gasteiger partial charge is 0.268 e. The first kappa shape index (κ1) is 15.4. The first-order valence-electron chi connectivity index (χ1n) is 5.58. The third-order valence-corrected chi connectivity index (χ3v) is 4.14. The maximum atomic E-state index is 13.4. The van der Waals surface area contributed by atoms with Gasteiger partial charge in [0, 0.05) is 5.02 Å². The minimum Gasteiger partial charge on any atom is -0.268 e. The van der Waals surface area contributed by atoms with E-state index in [2.05, 4.69) is 0 Å². The Morgan fingerprint density at radius 1 is 1.00 bits per heavy atom. The summed E-state index contributed by atoms with van der Waals surface area (Å²) in [6, 6.07) is 7.72. The summed E-state index contributed by atoms with van der Waals surface area (Å²) >= 11 is 5.62. The van der Waals surface area contributed by atoms with Crippen LogP contribution < -0.4 is 4.72 Å². The van der Waals surface area contributed by atoms with Gasteiger partial charge in [-0.15, -0.1) is 0 Å². The van der Waals surface area contributed by atoms with Crippen LogP contribution in [0.2, 0.25) is 5.02 Å². The van der Waals surface area contributed by atoms with E-state index in [9.17, 15) is 22.0 Å².